The van der Waals surface area contributed by atoms with Crippen LogP contribution in [-0.4, -0.2) is 9.35 Å². The summed E-state index contributed by atoms with van der Waals surface area (Å²) in [5.41, 5.74) is 0. The number of carbonyl (C=O) groups is 2. The molecule has 0 rings (SSSR count). The molecule has 0 atom stereocenters. The minimum absolute atomic E-state index is 0.674. The fraction of sp³-hybridized carbons (Fsp3) is 0. The van der Waals surface area contributed by atoms with Crippen molar-refractivity contribution in [2.24, 2.45) is 0 Å². The zero-order chi connectivity index (χ0) is 4.12. The summed E-state index contributed by atoms with van der Waals surface area (Å²) in [6.07, 6.45) is 0. The molecule has 0 aliphatic carbocycles. The van der Waals surface area contributed by atoms with E-state index in [2.05, 4.69) is 0 Å². The van der Waals surface area contributed by atoms with Crippen molar-refractivity contribution in [1.82, 2.24) is 0 Å². The van der Waals surface area contributed by atoms with Crippen molar-refractivity contribution < 1.29 is 28.2 Å². The molecule has 0 aromatic rings. The molecule has 0 saturated heterocycles. The van der Waals surface area contributed by atoms with Gasteiger partial charge in [0.25, 0.3) is 0 Å². The molecular formula is C2H2O2Pt. The first-order chi connectivity index (χ1) is 2.41. The Hall–Kier alpha value is 0.0283. The van der Waals surface area contributed by atoms with Crippen LogP contribution in [0.2, 0.25) is 0 Å². The maximum absolute atomic E-state index is 9.22. The van der Waals surface area contributed by atoms with E-state index in [9.17, 15) is 9.59 Å². The van der Waals surface area contributed by atoms with Gasteiger partial charge in [-0.15, -0.1) is 0 Å². The van der Waals surface area contributed by atoms with E-state index in [-0.39, 0.29) is 0 Å². The van der Waals surface area contributed by atoms with Crippen molar-refractivity contribution in [3.8, 4) is 0 Å². The fourth-order valence-electron chi connectivity index (χ4n) is 0.0176. The summed E-state index contributed by atoms with van der Waals surface area (Å²) in [6, 6.07) is 0. The van der Waals surface area contributed by atoms with Crippen LogP contribution in [0.1, 0.15) is 0 Å². The van der Waals surface area contributed by atoms with Gasteiger partial charge in [-0.05, 0) is 0 Å². The van der Waals surface area contributed by atoms with Crippen LogP contribution in [0.5, 0.6) is 0 Å². The maximum atomic E-state index is 9.22. The fourth-order valence-corrected chi connectivity index (χ4v) is 0.144. The molecule has 0 unspecified atom stereocenters. The van der Waals surface area contributed by atoms with E-state index in [1.54, 1.807) is 0 Å². The molecule has 3 heteroatoms. The molecule has 0 aliphatic rings. The van der Waals surface area contributed by atoms with Gasteiger partial charge in [-0.1, -0.05) is 0 Å². The third kappa shape index (κ3) is 4.03. The summed E-state index contributed by atoms with van der Waals surface area (Å²) in [6.45, 7) is 0. The van der Waals surface area contributed by atoms with Crippen LogP contribution < -0.4 is 0 Å². The van der Waals surface area contributed by atoms with Crippen LogP contribution in [0.15, 0.2) is 0 Å². The van der Waals surface area contributed by atoms with Crippen LogP contribution in [0.4, 0.5) is 0 Å². The standard InChI is InChI=1S/2CHO.Pt/c2*1-2;/h2*1H;. The van der Waals surface area contributed by atoms with Crippen molar-refractivity contribution in [2.45, 2.75) is 0 Å². The SMILES string of the molecule is O=[CH][Pt][CH]=O. The van der Waals surface area contributed by atoms with Gasteiger partial charge in [0.1, 0.15) is 0 Å². The molecule has 0 aliphatic heterocycles. The Morgan fingerprint density at radius 2 is 1.60 bits per heavy atom. The van der Waals surface area contributed by atoms with E-state index >= 15 is 0 Å². The first kappa shape index (κ1) is 5.03. The van der Waals surface area contributed by atoms with Crippen molar-refractivity contribution in [1.29, 1.82) is 0 Å². The Morgan fingerprint density at radius 3 is 1.60 bits per heavy atom. The third-order valence-corrected chi connectivity index (χ3v) is 0.704. The molecule has 32 valence electrons. The predicted molar refractivity (Wildman–Crippen MR) is 13.5 cm³/mol. The van der Waals surface area contributed by atoms with Crippen molar-refractivity contribution in [3.63, 3.8) is 0 Å². The van der Waals surface area contributed by atoms with Crippen LogP contribution >= 0.6 is 0 Å². The van der Waals surface area contributed by atoms with Crippen molar-refractivity contribution >= 4 is 9.35 Å². The molecule has 5 heavy (non-hydrogen) atoms. The molecule has 0 aromatic heterocycles. The van der Waals surface area contributed by atoms with E-state index in [0.717, 1.165) is 0 Å². The number of carbonyl (C=O) groups excluding carboxylic acids is 2. The number of hydrogen-bond acceptors (Lipinski definition) is 2. The average molecular weight is 253 g/mol. The summed E-state index contributed by atoms with van der Waals surface area (Å²) in [5.74, 6) is 0. The Labute approximate surface area is 38.1 Å². The zero-order valence-electron chi connectivity index (χ0n) is 2.29. The molecule has 2 nitrogen and oxygen atoms in total. The Morgan fingerprint density at radius 1 is 1.20 bits per heavy atom. The molecule has 0 saturated carbocycles. The summed E-state index contributed by atoms with van der Waals surface area (Å²) in [5, 5.41) is 0. The average Bonchev–Trinajstić information content (AvgIpc) is 1.41. The molecule has 0 bridgehead atoms. The van der Waals surface area contributed by atoms with Crippen molar-refractivity contribution in [3.05, 3.63) is 0 Å². The minimum atomic E-state index is -0.738. The van der Waals surface area contributed by atoms with Crippen LogP contribution in [-0.2, 0) is 28.2 Å². The van der Waals surface area contributed by atoms with Gasteiger partial charge >= 0.3 is 37.5 Å². The molecule has 0 fully saturated rings. The second kappa shape index (κ2) is 4.03. The van der Waals surface area contributed by atoms with Crippen LogP contribution in [0.3, 0.4) is 0 Å². The summed E-state index contributed by atoms with van der Waals surface area (Å²) < 4.78 is 1.35. The third-order valence-electron chi connectivity index (χ3n) is 0.0861. The van der Waals surface area contributed by atoms with Gasteiger partial charge in [0.15, 0.2) is 0 Å². The Bertz CT molecular complexity index is 36.9. The molecule has 0 N–H and O–H groups in total. The molecule has 0 spiro atoms. The quantitative estimate of drug-likeness (QED) is 0.619. The first-order valence-corrected chi connectivity index (χ1v) is 3.46. The molecule has 0 heterocycles. The van der Waals surface area contributed by atoms with Gasteiger partial charge in [-0.2, -0.15) is 0 Å². The summed E-state index contributed by atoms with van der Waals surface area (Å²) >= 11 is -0.738. The van der Waals surface area contributed by atoms with Crippen LogP contribution in [0, 0.1) is 0 Å². The van der Waals surface area contributed by atoms with Gasteiger partial charge < -0.3 is 0 Å². The Kier molecular flexibility index (Phi) is 4.05. The van der Waals surface area contributed by atoms with E-state index in [1.807, 2.05) is 0 Å². The summed E-state index contributed by atoms with van der Waals surface area (Å²) in [7, 11) is 0. The second-order valence-electron chi connectivity index (χ2n) is 0.254. The number of rotatable bonds is 2. The predicted octanol–water partition coefficient (Wildman–Crippen LogP) is -0.551. The summed E-state index contributed by atoms with van der Waals surface area (Å²) in [4.78, 5) is 18.4. The second-order valence-corrected chi connectivity index (χ2v) is 2.08. The van der Waals surface area contributed by atoms with E-state index in [1.165, 1.54) is 0 Å². The van der Waals surface area contributed by atoms with Gasteiger partial charge in [0.2, 0.25) is 0 Å². The van der Waals surface area contributed by atoms with Crippen LogP contribution in [0.25, 0.3) is 0 Å². The monoisotopic (exact) mass is 253 g/mol. The molecule has 0 radical (unpaired) electrons. The van der Waals surface area contributed by atoms with Gasteiger partial charge in [-0.3, -0.25) is 0 Å². The van der Waals surface area contributed by atoms with Gasteiger partial charge in [0, 0.05) is 0 Å². The normalized spacial score (nSPS) is 7.20. The van der Waals surface area contributed by atoms with E-state index in [4.69, 9.17) is 0 Å². The first-order valence-electron chi connectivity index (χ1n) is 0.837. The zero-order valence-corrected chi connectivity index (χ0v) is 4.56. The van der Waals surface area contributed by atoms with Gasteiger partial charge in [0.05, 0.1) is 0 Å². The Balaban J connectivity index is 2.65. The van der Waals surface area contributed by atoms with E-state index in [0.29, 0.717) is 9.35 Å². The topological polar surface area (TPSA) is 34.1 Å². The van der Waals surface area contributed by atoms with Gasteiger partial charge in [-0.25, -0.2) is 0 Å². The molecule has 0 amide bonds. The molecular weight excluding hydrogens is 251 g/mol. The van der Waals surface area contributed by atoms with E-state index < -0.39 is 18.6 Å². The molecule has 0 aromatic carbocycles. The van der Waals surface area contributed by atoms with Crippen molar-refractivity contribution in [2.75, 3.05) is 0 Å². The number of hydrogen-bond donors (Lipinski definition) is 0.